The van der Waals surface area contributed by atoms with Crippen LogP contribution in [0.4, 0.5) is 15.3 Å². The van der Waals surface area contributed by atoms with E-state index in [1.54, 1.807) is 24.3 Å². The van der Waals surface area contributed by atoms with Gasteiger partial charge in [-0.25, -0.2) is 9.59 Å². The van der Waals surface area contributed by atoms with E-state index in [0.29, 0.717) is 29.6 Å². The van der Waals surface area contributed by atoms with Crippen molar-refractivity contribution in [2.24, 2.45) is 11.5 Å². The second-order valence-corrected chi connectivity index (χ2v) is 9.10. The average Bonchev–Trinajstić information content (AvgIpc) is 3.49. The molecule has 3 aromatic carbocycles. The predicted molar refractivity (Wildman–Crippen MR) is 143 cm³/mol. The van der Waals surface area contributed by atoms with E-state index in [1.165, 1.54) is 15.7 Å². The topological polar surface area (TPSA) is 135 Å². The van der Waals surface area contributed by atoms with Crippen LogP contribution in [0.5, 0.6) is 0 Å². The lowest BCUT2D eigenvalue weighted by Gasteiger charge is -2.24. The maximum absolute atomic E-state index is 13.3. The number of hydrogen-bond acceptors (Lipinski definition) is 4. The lowest BCUT2D eigenvalue weighted by molar-refractivity contribution is -0.124. The number of likely N-dealkylation sites (tertiary alicyclic amines) is 1. The lowest BCUT2D eigenvalue weighted by atomic mass is 9.99. The van der Waals surface area contributed by atoms with Gasteiger partial charge in [0, 0.05) is 30.7 Å². The van der Waals surface area contributed by atoms with Crippen LogP contribution in [0.15, 0.2) is 85.1 Å². The van der Waals surface area contributed by atoms with Gasteiger partial charge in [0.15, 0.2) is 0 Å². The molecular weight excluding hydrogens is 468 g/mol. The first-order chi connectivity index (χ1) is 17.9. The number of hydrogen-bond donors (Lipinski definition) is 4. The summed E-state index contributed by atoms with van der Waals surface area (Å²) >= 11 is 0. The number of nitrogens with one attached hydrogen (secondary N) is 2. The molecule has 6 N–H and O–H groups in total. The van der Waals surface area contributed by atoms with Crippen LogP contribution >= 0.6 is 0 Å². The molecule has 4 aromatic rings. The summed E-state index contributed by atoms with van der Waals surface area (Å²) in [5.41, 5.74) is 15.7. The number of nitrogens with two attached hydrogens (primary N) is 2. The summed E-state index contributed by atoms with van der Waals surface area (Å²) in [5.74, 6) is -0.273. The lowest BCUT2D eigenvalue weighted by Crippen LogP contribution is -2.47. The number of benzene rings is 3. The molecule has 1 fully saturated rings. The van der Waals surface area contributed by atoms with Crippen LogP contribution in [0.1, 0.15) is 12.0 Å². The van der Waals surface area contributed by atoms with Crippen molar-refractivity contribution in [2.45, 2.75) is 25.0 Å². The molecule has 2 atom stereocenters. The highest BCUT2D eigenvalue weighted by molar-refractivity contribution is 6.05. The molecule has 1 saturated heterocycles. The van der Waals surface area contributed by atoms with Crippen molar-refractivity contribution in [2.75, 3.05) is 11.9 Å². The van der Waals surface area contributed by atoms with Crippen LogP contribution in [0.3, 0.4) is 0 Å². The van der Waals surface area contributed by atoms with Crippen molar-refractivity contribution in [3.8, 4) is 11.1 Å². The summed E-state index contributed by atoms with van der Waals surface area (Å²) < 4.78 is 1.27. The molecule has 0 bridgehead atoms. The molecule has 9 heteroatoms. The molecule has 9 nitrogen and oxygen atoms in total. The van der Waals surface area contributed by atoms with Crippen molar-refractivity contribution in [3.63, 3.8) is 0 Å². The van der Waals surface area contributed by atoms with E-state index in [4.69, 9.17) is 11.5 Å². The van der Waals surface area contributed by atoms with E-state index in [2.05, 4.69) is 10.6 Å². The summed E-state index contributed by atoms with van der Waals surface area (Å²) in [6.07, 6.45) is 1.83. The highest BCUT2D eigenvalue weighted by atomic mass is 16.2. The van der Waals surface area contributed by atoms with Gasteiger partial charge in [-0.05, 0) is 29.2 Å². The fraction of sp³-hybridized carbons (Fsp3) is 0.179. The van der Waals surface area contributed by atoms with Gasteiger partial charge in [-0.15, -0.1) is 0 Å². The number of amides is 4. The Kier molecular flexibility index (Phi) is 6.61. The summed E-state index contributed by atoms with van der Waals surface area (Å²) in [7, 11) is 0. The summed E-state index contributed by atoms with van der Waals surface area (Å²) in [6.45, 7) is 0.552. The van der Waals surface area contributed by atoms with Crippen molar-refractivity contribution in [3.05, 3.63) is 90.6 Å². The largest absolute Gasteiger partial charge is 0.351 e. The van der Waals surface area contributed by atoms with Gasteiger partial charge in [-0.3, -0.25) is 9.36 Å². The Morgan fingerprint density at radius 3 is 2.41 bits per heavy atom. The van der Waals surface area contributed by atoms with Gasteiger partial charge in [0.25, 0.3) is 0 Å². The molecule has 37 heavy (non-hydrogen) atoms. The van der Waals surface area contributed by atoms with Gasteiger partial charge in [0.1, 0.15) is 6.04 Å². The zero-order valence-electron chi connectivity index (χ0n) is 20.1. The highest BCUT2D eigenvalue weighted by Crippen LogP contribution is 2.27. The highest BCUT2D eigenvalue weighted by Gasteiger charge is 2.38. The van der Waals surface area contributed by atoms with Crippen molar-refractivity contribution in [1.29, 1.82) is 0 Å². The van der Waals surface area contributed by atoms with Gasteiger partial charge in [0.05, 0.1) is 11.2 Å². The van der Waals surface area contributed by atoms with E-state index in [-0.39, 0.29) is 18.5 Å². The van der Waals surface area contributed by atoms with Crippen LogP contribution in [0.2, 0.25) is 0 Å². The van der Waals surface area contributed by atoms with Crippen molar-refractivity contribution < 1.29 is 14.4 Å². The Hall–Kier alpha value is -4.63. The molecule has 1 aliphatic heterocycles. The molecule has 1 aliphatic rings. The molecule has 2 heterocycles. The standard InChI is InChI=1S/C28H28N6O3/c29-20-14-25(26(35)31-15-19-10-4-5-11-21(19)18-8-2-1-3-9-18)34(16-20)28(37)32-23-17-33(27(30)36)24-13-7-6-12-22(23)24/h1-13,17,20,25H,14-16,29H2,(H2,30,36)(H,31,35)(H,32,37)/t20-,25-/m0/s1. The number of carbonyl (C=O) groups excluding carboxylic acids is 3. The van der Waals surface area contributed by atoms with Gasteiger partial charge in [0.2, 0.25) is 5.91 Å². The third-order valence-corrected chi connectivity index (χ3v) is 6.64. The van der Waals surface area contributed by atoms with E-state index >= 15 is 0 Å². The number of fused-ring (bicyclic) bond motifs is 1. The van der Waals surface area contributed by atoms with E-state index in [9.17, 15) is 14.4 Å². The molecule has 0 radical (unpaired) electrons. The monoisotopic (exact) mass is 496 g/mol. The predicted octanol–water partition coefficient (Wildman–Crippen LogP) is 3.49. The summed E-state index contributed by atoms with van der Waals surface area (Å²) in [5, 5.41) is 6.49. The number of carbonyl (C=O) groups is 3. The van der Waals surface area contributed by atoms with Crippen molar-refractivity contribution in [1.82, 2.24) is 14.8 Å². The first kappa shape index (κ1) is 24.1. The van der Waals surface area contributed by atoms with E-state index < -0.39 is 18.1 Å². The summed E-state index contributed by atoms with van der Waals surface area (Å²) in [4.78, 5) is 39.8. The zero-order chi connectivity index (χ0) is 25.9. The quantitative estimate of drug-likeness (QED) is 0.336. The number of urea groups is 1. The second kappa shape index (κ2) is 10.2. The Morgan fingerprint density at radius 1 is 0.919 bits per heavy atom. The first-order valence-corrected chi connectivity index (χ1v) is 12.1. The van der Waals surface area contributed by atoms with Crippen LogP contribution in [-0.4, -0.2) is 46.1 Å². The zero-order valence-corrected chi connectivity index (χ0v) is 20.1. The molecular formula is C28H28N6O3. The maximum atomic E-state index is 13.3. The number of anilines is 1. The molecule has 1 aromatic heterocycles. The minimum absolute atomic E-state index is 0.235. The second-order valence-electron chi connectivity index (χ2n) is 9.10. The van der Waals surface area contributed by atoms with Gasteiger partial charge in [-0.1, -0.05) is 72.8 Å². The minimum Gasteiger partial charge on any atom is -0.351 e. The fourth-order valence-corrected chi connectivity index (χ4v) is 4.86. The van der Waals surface area contributed by atoms with E-state index in [0.717, 1.165) is 16.7 Å². The number of primary amides is 1. The minimum atomic E-state index is -0.719. The molecule has 0 aliphatic carbocycles. The SMILES string of the molecule is NC(=O)n1cc(NC(=O)N2C[C@@H](N)C[C@H]2C(=O)NCc2ccccc2-c2ccccc2)c2ccccc21. The molecule has 0 unspecified atom stereocenters. The summed E-state index contributed by atoms with van der Waals surface area (Å²) in [6, 6.07) is 22.8. The third kappa shape index (κ3) is 4.89. The number of rotatable bonds is 5. The molecule has 188 valence electrons. The third-order valence-electron chi connectivity index (χ3n) is 6.64. The Labute approximate surface area is 214 Å². The smallest absolute Gasteiger partial charge is 0.323 e. The van der Waals surface area contributed by atoms with Crippen molar-refractivity contribution >= 4 is 34.6 Å². The van der Waals surface area contributed by atoms with Crippen LogP contribution < -0.4 is 22.1 Å². The maximum Gasteiger partial charge on any atom is 0.323 e. The van der Waals surface area contributed by atoms with Crippen LogP contribution in [0, 0.1) is 0 Å². The first-order valence-electron chi connectivity index (χ1n) is 12.1. The Morgan fingerprint density at radius 2 is 1.62 bits per heavy atom. The Bertz CT molecular complexity index is 1470. The van der Waals surface area contributed by atoms with Gasteiger partial charge in [-0.2, -0.15) is 0 Å². The number of nitrogens with zero attached hydrogens (tertiary/aromatic N) is 2. The fourth-order valence-electron chi connectivity index (χ4n) is 4.86. The molecule has 0 saturated carbocycles. The number of para-hydroxylation sites is 1. The molecule has 0 spiro atoms. The number of aromatic nitrogens is 1. The molecule has 4 amide bonds. The van der Waals surface area contributed by atoms with Crippen LogP contribution in [0.25, 0.3) is 22.0 Å². The van der Waals surface area contributed by atoms with Gasteiger partial charge >= 0.3 is 12.1 Å². The van der Waals surface area contributed by atoms with Gasteiger partial charge < -0.3 is 27.0 Å². The molecule has 5 rings (SSSR count). The average molecular weight is 497 g/mol. The van der Waals surface area contributed by atoms with E-state index in [1.807, 2.05) is 54.6 Å². The van der Waals surface area contributed by atoms with Crippen LogP contribution in [-0.2, 0) is 11.3 Å². The Balaban J connectivity index is 1.31. The normalized spacial score (nSPS) is 17.1.